The maximum absolute atomic E-state index is 10.6. The van der Waals surface area contributed by atoms with Crippen LogP contribution < -0.4 is 5.73 Å². The molecule has 1 fully saturated rings. The van der Waals surface area contributed by atoms with E-state index in [9.17, 15) is 5.11 Å². The average molecular weight is 268 g/mol. The number of aromatic nitrogens is 1. The van der Waals surface area contributed by atoms with Gasteiger partial charge in [0.2, 0.25) is 0 Å². The van der Waals surface area contributed by atoms with Gasteiger partial charge in [0, 0.05) is 23.5 Å². The van der Waals surface area contributed by atoms with Crippen LogP contribution in [0.1, 0.15) is 50.6 Å². The summed E-state index contributed by atoms with van der Waals surface area (Å²) in [5.41, 5.74) is 5.83. The van der Waals surface area contributed by atoms with Crippen molar-refractivity contribution in [2.24, 2.45) is 23.0 Å². The fourth-order valence-electron chi connectivity index (χ4n) is 3.10. The van der Waals surface area contributed by atoms with Crippen LogP contribution in [0.25, 0.3) is 0 Å². The second-order valence-electron chi connectivity index (χ2n) is 5.92. The van der Waals surface area contributed by atoms with Gasteiger partial charge >= 0.3 is 0 Å². The third-order valence-electron chi connectivity index (χ3n) is 4.64. The third kappa shape index (κ3) is 2.60. The quantitative estimate of drug-likeness (QED) is 0.882. The van der Waals surface area contributed by atoms with Crippen LogP contribution in [0.5, 0.6) is 0 Å². The molecule has 0 radical (unpaired) electrons. The monoisotopic (exact) mass is 268 g/mol. The van der Waals surface area contributed by atoms with E-state index in [0.717, 1.165) is 29.7 Å². The molecule has 3 N–H and O–H groups in total. The molecule has 3 nitrogen and oxygen atoms in total. The molecule has 1 atom stereocenters. The van der Waals surface area contributed by atoms with Crippen LogP contribution in [0.15, 0.2) is 11.6 Å². The first-order valence-corrected chi connectivity index (χ1v) is 7.74. The Hall–Kier alpha value is -0.450. The average Bonchev–Trinajstić information content (AvgIpc) is 2.91. The number of nitrogens with zero attached hydrogens (tertiary/aromatic N) is 1. The molecule has 1 aliphatic carbocycles. The van der Waals surface area contributed by atoms with E-state index in [1.807, 2.05) is 5.38 Å². The molecule has 1 heterocycles. The van der Waals surface area contributed by atoms with Gasteiger partial charge in [0.25, 0.3) is 0 Å². The minimum Gasteiger partial charge on any atom is -0.385 e. The molecule has 0 aliphatic heterocycles. The number of hydrogen-bond acceptors (Lipinski definition) is 4. The van der Waals surface area contributed by atoms with Crippen molar-refractivity contribution in [1.29, 1.82) is 0 Å². The van der Waals surface area contributed by atoms with E-state index in [1.54, 1.807) is 6.20 Å². The zero-order valence-electron chi connectivity index (χ0n) is 11.3. The molecule has 1 aromatic rings. The smallest absolute Gasteiger partial charge is 0.122 e. The summed E-state index contributed by atoms with van der Waals surface area (Å²) in [4.78, 5) is 4.25. The van der Waals surface area contributed by atoms with Gasteiger partial charge in [-0.15, -0.1) is 11.3 Å². The summed E-state index contributed by atoms with van der Waals surface area (Å²) < 4.78 is 0. The van der Waals surface area contributed by atoms with Gasteiger partial charge < -0.3 is 10.8 Å². The van der Waals surface area contributed by atoms with Crippen LogP contribution in [0.2, 0.25) is 0 Å². The van der Waals surface area contributed by atoms with Crippen LogP contribution in [0.4, 0.5) is 0 Å². The van der Waals surface area contributed by atoms with Crippen molar-refractivity contribution in [3.8, 4) is 0 Å². The van der Waals surface area contributed by atoms with Crippen molar-refractivity contribution in [3.05, 3.63) is 16.6 Å². The second-order valence-corrected chi connectivity index (χ2v) is 6.85. The highest BCUT2D eigenvalue weighted by atomic mass is 32.1. The predicted molar refractivity (Wildman–Crippen MR) is 75.4 cm³/mol. The van der Waals surface area contributed by atoms with Crippen molar-refractivity contribution >= 4 is 11.3 Å². The SMILES string of the molecule is CC(C)C1CCC(CN)(C(O)c2nccs2)CC1. The normalized spacial score (nSPS) is 30.6. The Labute approximate surface area is 113 Å². The first kappa shape index (κ1) is 14.0. The van der Waals surface area contributed by atoms with Gasteiger partial charge in [-0.3, -0.25) is 0 Å². The highest BCUT2D eigenvalue weighted by Gasteiger charge is 2.42. The lowest BCUT2D eigenvalue weighted by Crippen LogP contribution is -2.40. The largest absolute Gasteiger partial charge is 0.385 e. The highest BCUT2D eigenvalue weighted by molar-refractivity contribution is 7.09. The fraction of sp³-hybridized carbons (Fsp3) is 0.786. The zero-order valence-corrected chi connectivity index (χ0v) is 12.1. The molecule has 4 heteroatoms. The Bertz CT molecular complexity index is 356. The summed E-state index contributed by atoms with van der Waals surface area (Å²) >= 11 is 1.53. The number of aliphatic hydroxyl groups excluding tert-OH is 1. The van der Waals surface area contributed by atoms with Gasteiger partial charge in [0.15, 0.2) is 0 Å². The molecule has 2 rings (SSSR count). The van der Waals surface area contributed by atoms with Gasteiger partial charge in [-0.25, -0.2) is 4.98 Å². The Kier molecular flexibility index (Phi) is 4.41. The molecule has 1 aliphatic rings. The molecule has 0 saturated heterocycles. The van der Waals surface area contributed by atoms with Crippen LogP contribution in [-0.2, 0) is 0 Å². The third-order valence-corrected chi connectivity index (χ3v) is 5.47. The maximum Gasteiger partial charge on any atom is 0.122 e. The Morgan fingerprint density at radius 2 is 2.17 bits per heavy atom. The minimum atomic E-state index is -0.490. The molecule has 0 bridgehead atoms. The second kappa shape index (κ2) is 5.68. The van der Waals surface area contributed by atoms with E-state index in [-0.39, 0.29) is 5.41 Å². The van der Waals surface area contributed by atoms with Crippen LogP contribution >= 0.6 is 11.3 Å². The van der Waals surface area contributed by atoms with Crippen LogP contribution in [0.3, 0.4) is 0 Å². The molecule has 18 heavy (non-hydrogen) atoms. The van der Waals surface area contributed by atoms with E-state index < -0.39 is 6.10 Å². The number of aliphatic hydroxyl groups is 1. The van der Waals surface area contributed by atoms with Gasteiger partial charge in [-0.2, -0.15) is 0 Å². The molecule has 1 unspecified atom stereocenters. The summed E-state index contributed by atoms with van der Waals surface area (Å²) in [5, 5.41) is 13.3. The summed E-state index contributed by atoms with van der Waals surface area (Å²) in [5.74, 6) is 1.52. The van der Waals surface area contributed by atoms with E-state index in [1.165, 1.54) is 24.2 Å². The molecule has 1 saturated carbocycles. The molecule has 0 amide bonds. The van der Waals surface area contributed by atoms with Crippen LogP contribution in [0, 0.1) is 17.3 Å². The van der Waals surface area contributed by atoms with Crippen molar-refractivity contribution in [3.63, 3.8) is 0 Å². The summed E-state index contributed by atoms with van der Waals surface area (Å²) in [6.45, 7) is 5.13. The van der Waals surface area contributed by atoms with Crippen molar-refractivity contribution in [2.45, 2.75) is 45.6 Å². The summed E-state index contributed by atoms with van der Waals surface area (Å²) in [7, 11) is 0. The standard InChI is InChI=1S/C14H24N2OS/c1-10(2)11-3-5-14(9-15,6-4-11)12(17)13-16-7-8-18-13/h7-8,10-12,17H,3-6,9,15H2,1-2H3. The summed E-state index contributed by atoms with van der Waals surface area (Å²) in [6, 6.07) is 0. The van der Waals surface area contributed by atoms with Gasteiger partial charge in [-0.1, -0.05) is 13.8 Å². The lowest BCUT2D eigenvalue weighted by Gasteiger charge is -2.43. The molecular formula is C14H24N2OS. The predicted octanol–water partition coefficient (Wildman–Crippen LogP) is 2.97. The first-order valence-electron chi connectivity index (χ1n) is 6.86. The number of nitrogens with two attached hydrogens (primary N) is 1. The maximum atomic E-state index is 10.6. The van der Waals surface area contributed by atoms with E-state index in [4.69, 9.17) is 5.73 Å². The Morgan fingerprint density at radius 3 is 2.61 bits per heavy atom. The molecule has 102 valence electrons. The topological polar surface area (TPSA) is 59.1 Å². The minimum absolute atomic E-state index is 0.150. The van der Waals surface area contributed by atoms with Crippen molar-refractivity contribution in [1.82, 2.24) is 4.98 Å². The van der Waals surface area contributed by atoms with Gasteiger partial charge in [-0.05, 0) is 37.5 Å². The summed E-state index contributed by atoms with van der Waals surface area (Å²) in [6.07, 6.45) is 5.66. The Morgan fingerprint density at radius 1 is 1.50 bits per heavy atom. The van der Waals surface area contributed by atoms with E-state index in [0.29, 0.717) is 6.54 Å². The zero-order chi connectivity index (χ0) is 13.2. The number of thiazole rings is 1. The van der Waals surface area contributed by atoms with Crippen molar-refractivity contribution < 1.29 is 5.11 Å². The molecule has 0 aromatic carbocycles. The highest BCUT2D eigenvalue weighted by Crippen LogP contribution is 2.48. The van der Waals surface area contributed by atoms with Gasteiger partial charge in [0.05, 0.1) is 0 Å². The number of hydrogen-bond donors (Lipinski definition) is 2. The molecule has 1 aromatic heterocycles. The van der Waals surface area contributed by atoms with E-state index >= 15 is 0 Å². The lowest BCUT2D eigenvalue weighted by molar-refractivity contribution is -0.0149. The fourth-order valence-corrected chi connectivity index (χ4v) is 3.86. The lowest BCUT2D eigenvalue weighted by atomic mass is 9.65. The number of rotatable bonds is 4. The molecule has 0 spiro atoms. The van der Waals surface area contributed by atoms with E-state index in [2.05, 4.69) is 18.8 Å². The first-order chi connectivity index (χ1) is 8.59. The Balaban J connectivity index is 2.09. The van der Waals surface area contributed by atoms with Crippen LogP contribution in [-0.4, -0.2) is 16.6 Å². The van der Waals surface area contributed by atoms with Gasteiger partial charge in [0.1, 0.15) is 11.1 Å². The molecular weight excluding hydrogens is 244 g/mol. The van der Waals surface area contributed by atoms with Crippen molar-refractivity contribution in [2.75, 3.05) is 6.54 Å².